The van der Waals surface area contributed by atoms with Crippen LogP contribution in [-0.2, 0) is 0 Å². The van der Waals surface area contributed by atoms with Gasteiger partial charge in [0.25, 0.3) is 5.91 Å². The third-order valence-electron chi connectivity index (χ3n) is 1.96. The van der Waals surface area contributed by atoms with Gasteiger partial charge < -0.3 is 19.9 Å². The molecule has 0 fully saturated rings. The van der Waals surface area contributed by atoms with Crippen LogP contribution >= 0.6 is 0 Å². The van der Waals surface area contributed by atoms with Crippen molar-refractivity contribution in [1.82, 2.24) is 0 Å². The summed E-state index contributed by atoms with van der Waals surface area (Å²) < 4.78 is 15.1. The Morgan fingerprint density at radius 3 is 1.80 bits per heavy atom. The van der Waals surface area contributed by atoms with Gasteiger partial charge in [-0.1, -0.05) is 0 Å². The number of hydrogen-bond donors (Lipinski definition) is 1. The average Bonchev–Trinajstić information content (AvgIpc) is 2.26. The molecule has 0 aliphatic heterocycles. The van der Waals surface area contributed by atoms with Gasteiger partial charge in [-0.15, -0.1) is 0 Å². The molecule has 0 aliphatic rings. The first-order valence-electron chi connectivity index (χ1n) is 4.23. The highest BCUT2D eigenvalue weighted by atomic mass is 16.5. The lowest BCUT2D eigenvalue weighted by Gasteiger charge is -2.12. The molecule has 15 heavy (non-hydrogen) atoms. The van der Waals surface area contributed by atoms with Crippen molar-refractivity contribution in [2.45, 2.75) is 0 Å². The Morgan fingerprint density at radius 2 is 1.53 bits per heavy atom. The Labute approximate surface area is 87.7 Å². The van der Waals surface area contributed by atoms with Crippen molar-refractivity contribution in [2.24, 2.45) is 5.73 Å². The number of carbonyl (C=O) groups is 1. The van der Waals surface area contributed by atoms with Gasteiger partial charge in [-0.25, -0.2) is 0 Å². The summed E-state index contributed by atoms with van der Waals surface area (Å²) in [6, 6.07) is 3.14. The molecule has 0 saturated carbocycles. The Balaban J connectivity index is 3.39. The number of nitrogens with two attached hydrogens (primary N) is 1. The van der Waals surface area contributed by atoms with Crippen molar-refractivity contribution < 1.29 is 19.0 Å². The molecule has 82 valence electrons. The topological polar surface area (TPSA) is 70.8 Å². The molecule has 0 saturated heterocycles. The van der Waals surface area contributed by atoms with Gasteiger partial charge in [-0.3, -0.25) is 4.79 Å². The summed E-state index contributed by atoms with van der Waals surface area (Å²) in [5.41, 5.74) is 5.43. The van der Waals surface area contributed by atoms with Crippen LogP contribution in [0, 0.1) is 0 Å². The van der Waals surface area contributed by atoms with Crippen LogP contribution < -0.4 is 19.9 Å². The first kappa shape index (κ1) is 11.2. The summed E-state index contributed by atoms with van der Waals surface area (Å²) >= 11 is 0. The van der Waals surface area contributed by atoms with Crippen molar-refractivity contribution in [3.8, 4) is 17.2 Å². The van der Waals surface area contributed by atoms with Gasteiger partial charge in [0.1, 0.15) is 22.8 Å². The second-order valence-corrected chi connectivity index (χ2v) is 2.77. The zero-order valence-corrected chi connectivity index (χ0v) is 8.87. The lowest BCUT2D eigenvalue weighted by molar-refractivity contribution is 0.0994. The van der Waals surface area contributed by atoms with Crippen LogP contribution in [0.5, 0.6) is 17.2 Å². The van der Waals surface area contributed by atoms with Crippen molar-refractivity contribution in [1.29, 1.82) is 0 Å². The van der Waals surface area contributed by atoms with Gasteiger partial charge in [-0.2, -0.15) is 0 Å². The molecule has 0 spiro atoms. The zero-order chi connectivity index (χ0) is 11.4. The zero-order valence-electron chi connectivity index (χ0n) is 8.87. The molecule has 0 aromatic heterocycles. The maximum absolute atomic E-state index is 11.2. The number of hydrogen-bond acceptors (Lipinski definition) is 4. The third kappa shape index (κ3) is 2.12. The van der Waals surface area contributed by atoms with Crippen LogP contribution in [0.15, 0.2) is 12.1 Å². The van der Waals surface area contributed by atoms with Gasteiger partial charge in [0, 0.05) is 12.1 Å². The quantitative estimate of drug-likeness (QED) is 0.800. The molecular weight excluding hydrogens is 198 g/mol. The van der Waals surface area contributed by atoms with E-state index in [1.165, 1.54) is 21.3 Å². The first-order chi connectivity index (χ1) is 7.13. The molecule has 0 heterocycles. The molecule has 2 N–H and O–H groups in total. The molecule has 1 rings (SSSR count). The second-order valence-electron chi connectivity index (χ2n) is 2.77. The van der Waals surface area contributed by atoms with E-state index in [1.54, 1.807) is 12.1 Å². The fourth-order valence-electron chi connectivity index (χ4n) is 1.25. The monoisotopic (exact) mass is 211 g/mol. The van der Waals surface area contributed by atoms with Crippen molar-refractivity contribution in [3.63, 3.8) is 0 Å². The lowest BCUT2D eigenvalue weighted by atomic mass is 10.1. The number of amides is 1. The van der Waals surface area contributed by atoms with E-state index in [1.807, 2.05) is 0 Å². The minimum atomic E-state index is -0.605. The Bertz CT molecular complexity index is 351. The van der Waals surface area contributed by atoms with Gasteiger partial charge in [0.2, 0.25) is 0 Å². The van der Waals surface area contributed by atoms with Crippen molar-refractivity contribution in [3.05, 3.63) is 17.7 Å². The molecule has 0 radical (unpaired) electrons. The highest BCUT2D eigenvalue weighted by Crippen LogP contribution is 2.33. The standard InChI is InChI=1S/C10H13NO4/c1-13-6-4-7(14-2)9(10(11)12)8(5-6)15-3/h4-5H,1-3H3,(H2,11,12). The third-order valence-corrected chi connectivity index (χ3v) is 1.96. The summed E-state index contributed by atoms with van der Waals surface area (Å²) in [6.07, 6.45) is 0. The number of carbonyl (C=O) groups excluding carboxylic acids is 1. The van der Waals surface area contributed by atoms with Crippen molar-refractivity contribution >= 4 is 5.91 Å². The maximum Gasteiger partial charge on any atom is 0.256 e. The molecule has 0 bridgehead atoms. The van der Waals surface area contributed by atoms with Crippen LogP contribution in [0.4, 0.5) is 0 Å². The number of methoxy groups -OCH3 is 3. The Morgan fingerprint density at radius 1 is 1.07 bits per heavy atom. The number of ether oxygens (including phenoxy) is 3. The smallest absolute Gasteiger partial charge is 0.256 e. The van der Waals surface area contributed by atoms with E-state index in [4.69, 9.17) is 19.9 Å². The molecule has 5 heteroatoms. The van der Waals surface area contributed by atoms with Crippen LogP contribution in [0.25, 0.3) is 0 Å². The summed E-state index contributed by atoms with van der Waals surface area (Å²) in [5.74, 6) is 0.595. The van der Waals surface area contributed by atoms with Gasteiger partial charge >= 0.3 is 0 Å². The average molecular weight is 211 g/mol. The highest BCUT2D eigenvalue weighted by Gasteiger charge is 2.17. The van der Waals surface area contributed by atoms with Crippen LogP contribution in [0.2, 0.25) is 0 Å². The number of benzene rings is 1. The minimum Gasteiger partial charge on any atom is -0.496 e. The molecular formula is C10H13NO4. The van der Waals surface area contributed by atoms with Gasteiger partial charge in [0.05, 0.1) is 21.3 Å². The molecule has 1 aromatic rings. The Kier molecular flexibility index (Phi) is 3.38. The van der Waals surface area contributed by atoms with E-state index < -0.39 is 5.91 Å². The van der Waals surface area contributed by atoms with E-state index >= 15 is 0 Å². The minimum absolute atomic E-state index is 0.209. The van der Waals surface area contributed by atoms with E-state index in [9.17, 15) is 4.79 Å². The molecule has 1 aromatic carbocycles. The first-order valence-corrected chi connectivity index (χ1v) is 4.23. The summed E-state index contributed by atoms with van der Waals surface area (Å²) in [5, 5.41) is 0. The molecule has 1 amide bonds. The Hall–Kier alpha value is -1.91. The predicted octanol–water partition coefficient (Wildman–Crippen LogP) is 0.811. The van der Waals surface area contributed by atoms with Crippen LogP contribution in [-0.4, -0.2) is 27.2 Å². The fraction of sp³-hybridized carbons (Fsp3) is 0.300. The van der Waals surface area contributed by atoms with E-state index in [0.29, 0.717) is 17.2 Å². The van der Waals surface area contributed by atoms with E-state index in [0.717, 1.165) is 0 Å². The van der Waals surface area contributed by atoms with E-state index in [2.05, 4.69) is 0 Å². The number of rotatable bonds is 4. The maximum atomic E-state index is 11.2. The molecule has 0 unspecified atom stereocenters. The molecule has 0 aliphatic carbocycles. The molecule has 0 atom stereocenters. The highest BCUT2D eigenvalue weighted by molar-refractivity contribution is 5.98. The lowest BCUT2D eigenvalue weighted by Crippen LogP contribution is -2.14. The number of primary amides is 1. The normalized spacial score (nSPS) is 9.53. The molecule has 5 nitrogen and oxygen atoms in total. The SMILES string of the molecule is COc1cc(OC)c(C(N)=O)c(OC)c1. The second kappa shape index (κ2) is 4.54. The largest absolute Gasteiger partial charge is 0.496 e. The van der Waals surface area contributed by atoms with E-state index in [-0.39, 0.29) is 5.56 Å². The summed E-state index contributed by atoms with van der Waals surface area (Å²) in [7, 11) is 4.40. The summed E-state index contributed by atoms with van der Waals surface area (Å²) in [4.78, 5) is 11.2. The van der Waals surface area contributed by atoms with Gasteiger partial charge in [0.15, 0.2) is 0 Å². The van der Waals surface area contributed by atoms with Gasteiger partial charge in [-0.05, 0) is 0 Å². The fourth-order valence-corrected chi connectivity index (χ4v) is 1.25. The van der Waals surface area contributed by atoms with Crippen LogP contribution in [0.1, 0.15) is 10.4 Å². The predicted molar refractivity (Wildman–Crippen MR) is 54.6 cm³/mol. The van der Waals surface area contributed by atoms with Crippen molar-refractivity contribution in [2.75, 3.05) is 21.3 Å². The summed E-state index contributed by atoms with van der Waals surface area (Å²) in [6.45, 7) is 0. The van der Waals surface area contributed by atoms with Crippen LogP contribution in [0.3, 0.4) is 0 Å².